The van der Waals surface area contributed by atoms with Crippen LogP contribution in [0.1, 0.15) is 47.5 Å². The maximum Gasteiger partial charge on any atom is -0.0166 e. The zero-order chi connectivity index (χ0) is 11.9. The van der Waals surface area contributed by atoms with Gasteiger partial charge in [-0.3, -0.25) is 0 Å². The molecule has 0 aromatic heterocycles. The van der Waals surface area contributed by atoms with Gasteiger partial charge >= 0.3 is 0 Å². The fourth-order valence-electron chi connectivity index (χ4n) is 4.04. The molecule has 0 N–H and O–H groups in total. The van der Waals surface area contributed by atoms with Gasteiger partial charge in [-0.2, -0.15) is 0 Å². The van der Waals surface area contributed by atoms with Gasteiger partial charge in [-0.15, -0.1) is 0 Å². The summed E-state index contributed by atoms with van der Waals surface area (Å²) < 4.78 is 0. The van der Waals surface area contributed by atoms with Crippen LogP contribution in [0.3, 0.4) is 0 Å². The zero-order valence-electron chi connectivity index (χ0n) is 11.5. The second-order valence-electron chi connectivity index (χ2n) is 6.26. The van der Waals surface area contributed by atoms with Gasteiger partial charge in [-0.05, 0) is 49.4 Å². The predicted octanol–water partition coefficient (Wildman–Crippen LogP) is 4.83. The van der Waals surface area contributed by atoms with Crippen molar-refractivity contribution in [3.05, 3.63) is 23.3 Å². The van der Waals surface area contributed by atoms with Crippen LogP contribution >= 0.6 is 0 Å². The quantitative estimate of drug-likeness (QED) is 0.591. The standard InChI is InChI=1S/C16H26/c1-10(2)14-8-6-11(3)15-9-7-12(4)16(15)13(14)5/h6,8,10,12-13,15-16H,7,9H2,1-5H3/t12?,13-,15?,16?/m0/s1. The Bertz CT molecular complexity index is 319. The Morgan fingerprint density at radius 2 is 1.81 bits per heavy atom. The third-order valence-electron chi connectivity index (χ3n) is 4.95. The lowest BCUT2D eigenvalue weighted by molar-refractivity contribution is 0.271. The molecule has 2 aliphatic carbocycles. The summed E-state index contributed by atoms with van der Waals surface area (Å²) in [6, 6.07) is 0. The van der Waals surface area contributed by atoms with E-state index < -0.39 is 0 Å². The van der Waals surface area contributed by atoms with Crippen LogP contribution in [0.5, 0.6) is 0 Å². The molecule has 2 aliphatic rings. The summed E-state index contributed by atoms with van der Waals surface area (Å²) in [5.41, 5.74) is 3.29. The number of allylic oxidation sites excluding steroid dienone is 4. The summed E-state index contributed by atoms with van der Waals surface area (Å²) in [4.78, 5) is 0. The lowest BCUT2D eigenvalue weighted by Gasteiger charge is -2.31. The topological polar surface area (TPSA) is 0 Å². The Balaban J connectivity index is 2.35. The molecule has 0 aliphatic heterocycles. The Hall–Kier alpha value is -0.520. The number of hydrogen-bond acceptors (Lipinski definition) is 0. The van der Waals surface area contributed by atoms with Gasteiger partial charge in [0.25, 0.3) is 0 Å². The molecule has 2 rings (SSSR count). The van der Waals surface area contributed by atoms with Crippen LogP contribution in [-0.4, -0.2) is 0 Å². The molecule has 4 atom stereocenters. The van der Waals surface area contributed by atoms with Gasteiger partial charge in [-0.25, -0.2) is 0 Å². The molecule has 3 unspecified atom stereocenters. The van der Waals surface area contributed by atoms with Crippen molar-refractivity contribution >= 4 is 0 Å². The van der Waals surface area contributed by atoms with Crippen LogP contribution in [-0.2, 0) is 0 Å². The van der Waals surface area contributed by atoms with E-state index in [2.05, 4.69) is 46.8 Å². The first-order chi connectivity index (χ1) is 7.52. The number of hydrogen-bond donors (Lipinski definition) is 0. The van der Waals surface area contributed by atoms with E-state index in [-0.39, 0.29) is 0 Å². The summed E-state index contributed by atoms with van der Waals surface area (Å²) >= 11 is 0. The molecule has 0 amide bonds. The van der Waals surface area contributed by atoms with Gasteiger partial charge in [-0.1, -0.05) is 51.0 Å². The molecule has 0 heteroatoms. The Labute approximate surface area is 101 Å². The summed E-state index contributed by atoms with van der Waals surface area (Å²) in [5.74, 6) is 4.13. The lowest BCUT2D eigenvalue weighted by Crippen LogP contribution is -2.24. The summed E-state index contributed by atoms with van der Waals surface area (Å²) in [6.45, 7) is 11.9. The van der Waals surface area contributed by atoms with Gasteiger partial charge in [0, 0.05) is 0 Å². The van der Waals surface area contributed by atoms with Crippen LogP contribution in [0.2, 0.25) is 0 Å². The smallest absolute Gasteiger partial charge is 0.0166 e. The van der Waals surface area contributed by atoms with Crippen LogP contribution in [0.25, 0.3) is 0 Å². The first kappa shape index (κ1) is 12.0. The van der Waals surface area contributed by atoms with Crippen molar-refractivity contribution in [2.75, 3.05) is 0 Å². The normalized spacial score (nSPS) is 39.1. The molecule has 0 heterocycles. The molecule has 16 heavy (non-hydrogen) atoms. The molecule has 0 radical (unpaired) electrons. The van der Waals surface area contributed by atoms with Crippen LogP contribution in [0.4, 0.5) is 0 Å². The van der Waals surface area contributed by atoms with Gasteiger partial charge in [0.15, 0.2) is 0 Å². The predicted molar refractivity (Wildman–Crippen MR) is 71.2 cm³/mol. The van der Waals surface area contributed by atoms with Crippen molar-refractivity contribution < 1.29 is 0 Å². The van der Waals surface area contributed by atoms with Gasteiger partial charge in [0.1, 0.15) is 0 Å². The molecular weight excluding hydrogens is 192 g/mol. The van der Waals surface area contributed by atoms with Gasteiger partial charge in [0.2, 0.25) is 0 Å². The molecule has 0 aromatic rings. The third kappa shape index (κ3) is 1.87. The SMILES string of the molecule is CC1=CC=C(C(C)C)[C@H](C)C2C(C)CCC12. The maximum atomic E-state index is 2.46. The van der Waals surface area contributed by atoms with Crippen LogP contribution in [0, 0.1) is 29.6 Å². The van der Waals surface area contributed by atoms with E-state index in [0.29, 0.717) is 5.92 Å². The average molecular weight is 218 g/mol. The van der Waals surface area contributed by atoms with Gasteiger partial charge in [0.05, 0.1) is 0 Å². The summed E-state index contributed by atoms with van der Waals surface area (Å²) in [7, 11) is 0. The molecule has 0 spiro atoms. The highest BCUT2D eigenvalue weighted by Gasteiger charge is 2.39. The van der Waals surface area contributed by atoms with E-state index in [9.17, 15) is 0 Å². The second kappa shape index (κ2) is 4.39. The number of fused-ring (bicyclic) bond motifs is 1. The maximum absolute atomic E-state index is 2.46. The fourth-order valence-corrected chi connectivity index (χ4v) is 4.04. The van der Waals surface area contributed by atoms with Crippen molar-refractivity contribution in [2.24, 2.45) is 29.6 Å². The van der Waals surface area contributed by atoms with E-state index in [1.807, 2.05) is 0 Å². The highest BCUT2D eigenvalue weighted by Crippen LogP contribution is 2.49. The second-order valence-corrected chi connectivity index (χ2v) is 6.26. The fraction of sp³-hybridized carbons (Fsp3) is 0.750. The first-order valence-corrected chi connectivity index (χ1v) is 6.90. The van der Waals surface area contributed by atoms with Gasteiger partial charge < -0.3 is 0 Å². The molecule has 90 valence electrons. The lowest BCUT2D eigenvalue weighted by atomic mass is 9.74. The minimum Gasteiger partial charge on any atom is -0.0699 e. The molecule has 0 nitrogen and oxygen atoms in total. The molecule has 1 fully saturated rings. The molecule has 1 saturated carbocycles. The molecule has 0 bridgehead atoms. The van der Waals surface area contributed by atoms with Crippen molar-refractivity contribution in [1.82, 2.24) is 0 Å². The van der Waals surface area contributed by atoms with E-state index in [1.165, 1.54) is 12.8 Å². The van der Waals surface area contributed by atoms with Crippen molar-refractivity contribution in [2.45, 2.75) is 47.5 Å². The van der Waals surface area contributed by atoms with Crippen LogP contribution < -0.4 is 0 Å². The summed E-state index contributed by atoms with van der Waals surface area (Å²) in [6.07, 6.45) is 7.65. The molecular formula is C16H26. The first-order valence-electron chi connectivity index (χ1n) is 6.90. The largest absolute Gasteiger partial charge is 0.0699 e. The number of rotatable bonds is 1. The van der Waals surface area contributed by atoms with E-state index in [0.717, 1.165) is 23.7 Å². The summed E-state index contributed by atoms with van der Waals surface area (Å²) in [5, 5.41) is 0. The van der Waals surface area contributed by atoms with Crippen LogP contribution in [0.15, 0.2) is 23.3 Å². The van der Waals surface area contributed by atoms with Crippen molar-refractivity contribution in [1.29, 1.82) is 0 Å². The third-order valence-corrected chi connectivity index (χ3v) is 4.95. The Morgan fingerprint density at radius 3 is 2.44 bits per heavy atom. The zero-order valence-corrected chi connectivity index (χ0v) is 11.5. The van der Waals surface area contributed by atoms with E-state index in [1.54, 1.807) is 11.1 Å². The van der Waals surface area contributed by atoms with Crippen molar-refractivity contribution in [3.8, 4) is 0 Å². The highest BCUT2D eigenvalue weighted by molar-refractivity contribution is 5.27. The van der Waals surface area contributed by atoms with E-state index >= 15 is 0 Å². The molecule has 0 saturated heterocycles. The molecule has 0 aromatic carbocycles. The minimum absolute atomic E-state index is 0.700. The Kier molecular flexibility index (Phi) is 3.28. The highest BCUT2D eigenvalue weighted by atomic mass is 14.4. The Morgan fingerprint density at radius 1 is 1.12 bits per heavy atom. The van der Waals surface area contributed by atoms with E-state index in [4.69, 9.17) is 0 Å². The average Bonchev–Trinajstić information content (AvgIpc) is 2.53. The minimum atomic E-state index is 0.700. The monoisotopic (exact) mass is 218 g/mol. The van der Waals surface area contributed by atoms with Crippen molar-refractivity contribution in [3.63, 3.8) is 0 Å².